The summed E-state index contributed by atoms with van der Waals surface area (Å²) in [4.78, 5) is 2.73. The first kappa shape index (κ1) is 11.0. The molecular formula is C14H26N2. The summed E-state index contributed by atoms with van der Waals surface area (Å²) in [5.41, 5.74) is 5.80. The van der Waals surface area contributed by atoms with Gasteiger partial charge < -0.3 is 10.6 Å². The minimum absolute atomic E-state index is 0.772. The van der Waals surface area contributed by atoms with Crippen molar-refractivity contribution in [3.05, 3.63) is 0 Å². The molecular weight excluding hydrogens is 196 g/mol. The molecule has 0 spiro atoms. The van der Waals surface area contributed by atoms with Gasteiger partial charge in [0.2, 0.25) is 0 Å². The van der Waals surface area contributed by atoms with E-state index in [1.165, 1.54) is 38.8 Å². The van der Waals surface area contributed by atoms with Gasteiger partial charge >= 0.3 is 0 Å². The van der Waals surface area contributed by atoms with Crippen LogP contribution in [-0.2, 0) is 0 Å². The van der Waals surface area contributed by atoms with Crippen molar-refractivity contribution in [3.63, 3.8) is 0 Å². The van der Waals surface area contributed by atoms with Gasteiger partial charge in [0.05, 0.1) is 0 Å². The molecule has 2 nitrogen and oxygen atoms in total. The van der Waals surface area contributed by atoms with Crippen LogP contribution in [0.25, 0.3) is 0 Å². The highest BCUT2D eigenvalue weighted by Gasteiger charge is 2.41. The van der Waals surface area contributed by atoms with Crippen LogP contribution in [0.2, 0.25) is 0 Å². The third-order valence-corrected chi connectivity index (χ3v) is 5.48. The first-order chi connectivity index (χ1) is 7.76. The maximum absolute atomic E-state index is 5.80. The third kappa shape index (κ3) is 1.91. The summed E-state index contributed by atoms with van der Waals surface area (Å²) in [7, 11) is 0. The van der Waals surface area contributed by atoms with E-state index in [1.807, 2.05) is 0 Å². The summed E-state index contributed by atoms with van der Waals surface area (Å²) in [6.07, 6.45) is 7.46. The number of rotatable bonds is 3. The monoisotopic (exact) mass is 222 g/mol. The molecule has 2 bridgehead atoms. The van der Waals surface area contributed by atoms with E-state index in [4.69, 9.17) is 5.73 Å². The quantitative estimate of drug-likeness (QED) is 0.792. The van der Waals surface area contributed by atoms with Crippen LogP contribution in [-0.4, -0.2) is 30.6 Å². The number of fused-ring (bicyclic) bond motifs is 2. The molecule has 92 valence electrons. The predicted molar refractivity (Wildman–Crippen MR) is 67.1 cm³/mol. The second-order valence-corrected chi connectivity index (χ2v) is 6.58. The van der Waals surface area contributed by atoms with Crippen molar-refractivity contribution >= 4 is 0 Å². The van der Waals surface area contributed by atoms with Crippen molar-refractivity contribution in [2.24, 2.45) is 29.4 Å². The molecule has 1 aliphatic heterocycles. The van der Waals surface area contributed by atoms with Gasteiger partial charge in [0.1, 0.15) is 0 Å². The van der Waals surface area contributed by atoms with Crippen LogP contribution in [0.1, 0.15) is 39.0 Å². The van der Waals surface area contributed by atoms with Crippen molar-refractivity contribution in [1.82, 2.24) is 4.90 Å². The van der Waals surface area contributed by atoms with Crippen LogP contribution in [0.5, 0.6) is 0 Å². The van der Waals surface area contributed by atoms with Gasteiger partial charge in [0.25, 0.3) is 0 Å². The molecule has 5 unspecified atom stereocenters. The number of nitrogens with two attached hydrogens (primary N) is 1. The van der Waals surface area contributed by atoms with Gasteiger partial charge in [-0.2, -0.15) is 0 Å². The van der Waals surface area contributed by atoms with Gasteiger partial charge in [-0.15, -0.1) is 0 Å². The number of hydrogen-bond donors (Lipinski definition) is 1. The fourth-order valence-corrected chi connectivity index (χ4v) is 4.54. The second-order valence-electron chi connectivity index (χ2n) is 6.58. The average molecular weight is 222 g/mol. The number of likely N-dealkylation sites (tertiary alicyclic amines) is 1. The standard InChI is InChI=1S/C14H26N2/c1-10-4-12(7-15)8-16(10)9-14-6-11-2-3-13(14)5-11/h10-14H,2-9,15H2,1H3. The van der Waals surface area contributed by atoms with E-state index in [-0.39, 0.29) is 0 Å². The highest BCUT2D eigenvalue weighted by molar-refractivity contribution is 4.93. The fourth-order valence-electron chi connectivity index (χ4n) is 4.54. The van der Waals surface area contributed by atoms with E-state index in [0.29, 0.717) is 0 Å². The molecule has 2 aliphatic carbocycles. The van der Waals surface area contributed by atoms with Crippen molar-refractivity contribution in [2.75, 3.05) is 19.6 Å². The third-order valence-electron chi connectivity index (χ3n) is 5.48. The molecule has 16 heavy (non-hydrogen) atoms. The van der Waals surface area contributed by atoms with Gasteiger partial charge in [-0.05, 0) is 62.8 Å². The summed E-state index contributed by atoms with van der Waals surface area (Å²) < 4.78 is 0. The van der Waals surface area contributed by atoms with Crippen LogP contribution in [0.3, 0.4) is 0 Å². The van der Waals surface area contributed by atoms with Crippen molar-refractivity contribution in [1.29, 1.82) is 0 Å². The highest BCUT2D eigenvalue weighted by Crippen LogP contribution is 2.48. The maximum atomic E-state index is 5.80. The van der Waals surface area contributed by atoms with Crippen LogP contribution in [0.4, 0.5) is 0 Å². The fraction of sp³-hybridized carbons (Fsp3) is 1.00. The molecule has 2 heteroatoms. The molecule has 0 aromatic heterocycles. The SMILES string of the molecule is CC1CC(CN)CN1CC1CC2CCC1C2. The molecule has 0 aromatic rings. The van der Waals surface area contributed by atoms with Gasteiger partial charge in [-0.3, -0.25) is 0 Å². The Labute approximate surface area is 99.6 Å². The highest BCUT2D eigenvalue weighted by atomic mass is 15.2. The van der Waals surface area contributed by atoms with Crippen LogP contribution >= 0.6 is 0 Å². The van der Waals surface area contributed by atoms with Crippen molar-refractivity contribution in [3.8, 4) is 0 Å². The Bertz CT molecular complexity index is 253. The zero-order valence-corrected chi connectivity index (χ0v) is 10.6. The van der Waals surface area contributed by atoms with E-state index >= 15 is 0 Å². The van der Waals surface area contributed by atoms with E-state index in [2.05, 4.69) is 11.8 Å². The molecule has 3 fully saturated rings. The van der Waals surface area contributed by atoms with Crippen molar-refractivity contribution in [2.45, 2.75) is 45.1 Å². The van der Waals surface area contributed by atoms with E-state index in [9.17, 15) is 0 Å². The first-order valence-corrected chi connectivity index (χ1v) is 7.20. The zero-order chi connectivity index (χ0) is 11.1. The van der Waals surface area contributed by atoms with Crippen LogP contribution < -0.4 is 5.73 Å². The normalized spacial score (nSPS) is 48.0. The lowest BCUT2D eigenvalue weighted by Gasteiger charge is -2.29. The summed E-state index contributed by atoms with van der Waals surface area (Å²) in [6, 6.07) is 0.785. The summed E-state index contributed by atoms with van der Waals surface area (Å²) >= 11 is 0. The zero-order valence-electron chi connectivity index (χ0n) is 10.6. The molecule has 1 heterocycles. The average Bonchev–Trinajstić information content (AvgIpc) is 2.95. The molecule has 3 rings (SSSR count). The molecule has 2 saturated carbocycles. The maximum Gasteiger partial charge on any atom is 0.00707 e. The Morgan fingerprint density at radius 3 is 2.62 bits per heavy atom. The molecule has 1 saturated heterocycles. The number of hydrogen-bond acceptors (Lipinski definition) is 2. The lowest BCUT2D eigenvalue weighted by molar-refractivity contribution is 0.183. The Balaban J connectivity index is 1.55. The summed E-state index contributed by atoms with van der Waals surface area (Å²) in [6.45, 7) is 5.92. The topological polar surface area (TPSA) is 29.3 Å². The molecule has 3 aliphatic rings. The Kier molecular flexibility index (Phi) is 2.97. The van der Waals surface area contributed by atoms with Gasteiger partial charge in [0.15, 0.2) is 0 Å². The van der Waals surface area contributed by atoms with Gasteiger partial charge in [0, 0.05) is 19.1 Å². The van der Waals surface area contributed by atoms with E-state index in [0.717, 1.165) is 36.3 Å². The lowest BCUT2D eigenvalue weighted by Crippen LogP contribution is -2.34. The molecule has 0 radical (unpaired) electrons. The first-order valence-electron chi connectivity index (χ1n) is 7.20. The molecule has 2 N–H and O–H groups in total. The minimum Gasteiger partial charge on any atom is -0.330 e. The molecule has 0 amide bonds. The minimum atomic E-state index is 0.772. The van der Waals surface area contributed by atoms with Crippen LogP contribution in [0.15, 0.2) is 0 Å². The largest absolute Gasteiger partial charge is 0.330 e. The summed E-state index contributed by atoms with van der Waals surface area (Å²) in [5, 5.41) is 0. The van der Waals surface area contributed by atoms with Gasteiger partial charge in [-0.1, -0.05) is 6.42 Å². The Hall–Kier alpha value is -0.0800. The van der Waals surface area contributed by atoms with Gasteiger partial charge in [-0.25, -0.2) is 0 Å². The predicted octanol–water partition coefficient (Wildman–Crippen LogP) is 2.09. The second kappa shape index (κ2) is 4.30. The lowest BCUT2D eigenvalue weighted by atomic mass is 9.88. The Morgan fingerprint density at radius 1 is 1.19 bits per heavy atom. The Morgan fingerprint density at radius 2 is 2.06 bits per heavy atom. The van der Waals surface area contributed by atoms with Crippen molar-refractivity contribution < 1.29 is 0 Å². The summed E-state index contributed by atoms with van der Waals surface area (Å²) in [5.74, 6) is 3.97. The van der Waals surface area contributed by atoms with E-state index < -0.39 is 0 Å². The molecule has 0 aromatic carbocycles. The van der Waals surface area contributed by atoms with E-state index in [1.54, 1.807) is 6.42 Å². The number of nitrogens with zero attached hydrogens (tertiary/aromatic N) is 1. The van der Waals surface area contributed by atoms with Crippen LogP contribution in [0, 0.1) is 23.7 Å². The smallest absolute Gasteiger partial charge is 0.00707 e. The molecule has 5 atom stereocenters.